The van der Waals surface area contributed by atoms with Crippen LogP contribution in [0.1, 0.15) is 37.1 Å². The fraction of sp³-hybridized carbons (Fsp3) is 0.444. The summed E-state index contributed by atoms with van der Waals surface area (Å²) in [7, 11) is 3.17. The van der Waals surface area contributed by atoms with Crippen molar-refractivity contribution < 1.29 is 19.7 Å². The van der Waals surface area contributed by atoms with E-state index in [0.29, 0.717) is 107 Å². The van der Waals surface area contributed by atoms with E-state index in [0.717, 1.165) is 36.8 Å². The second kappa shape index (κ2) is 12.2. The Kier molecular flexibility index (Phi) is 8.09. The molecule has 2 saturated heterocycles. The van der Waals surface area contributed by atoms with Gasteiger partial charge in [-0.05, 0) is 37.5 Å². The molecule has 4 aliphatic rings. The highest BCUT2D eigenvalue weighted by Crippen LogP contribution is 2.47. The Balaban J connectivity index is 1.03. The minimum atomic E-state index is -0.562. The van der Waals surface area contributed by atoms with E-state index in [-0.39, 0.29) is 0 Å². The van der Waals surface area contributed by atoms with Crippen molar-refractivity contribution in [2.24, 2.45) is 11.8 Å². The molecule has 48 heavy (non-hydrogen) atoms. The maximum absolute atomic E-state index is 10.7. The zero-order valence-electron chi connectivity index (χ0n) is 27.0. The molecule has 2 aliphatic heterocycles. The molecular formula is C36H38Cl2N6O4. The minimum absolute atomic E-state index is 0.430. The van der Waals surface area contributed by atoms with E-state index in [1.165, 1.54) is 0 Å². The van der Waals surface area contributed by atoms with Gasteiger partial charge < -0.3 is 19.7 Å². The maximum Gasteiger partial charge on any atom is 0.237 e. The summed E-state index contributed by atoms with van der Waals surface area (Å²) in [5.41, 5.74) is 4.35. The van der Waals surface area contributed by atoms with Gasteiger partial charge in [-0.15, -0.1) is 0 Å². The first-order valence-corrected chi connectivity index (χ1v) is 17.2. The Morgan fingerprint density at radius 2 is 1.04 bits per heavy atom. The lowest BCUT2D eigenvalue weighted by Crippen LogP contribution is -2.62. The van der Waals surface area contributed by atoms with Crippen LogP contribution in [-0.4, -0.2) is 91.5 Å². The first kappa shape index (κ1) is 31.9. The summed E-state index contributed by atoms with van der Waals surface area (Å²) in [6, 6.07) is 11.5. The third-order valence-corrected chi connectivity index (χ3v) is 11.1. The van der Waals surface area contributed by atoms with Crippen molar-refractivity contribution in [3.63, 3.8) is 0 Å². The Morgan fingerprint density at radius 1 is 0.667 bits per heavy atom. The van der Waals surface area contributed by atoms with Crippen molar-refractivity contribution >= 4 is 23.2 Å². The highest BCUT2D eigenvalue weighted by Gasteiger charge is 2.52. The van der Waals surface area contributed by atoms with Gasteiger partial charge in [-0.25, -0.2) is 9.97 Å². The molecule has 8 rings (SSSR count). The van der Waals surface area contributed by atoms with E-state index < -0.39 is 11.2 Å². The lowest BCUT2D eigenvalue weighted by Gasteiger charge is -2.47. The minimum Gasteiger partial charge on any atom is -0.480 e. The topological polar surface area (TPSA) is 117 Å². The smallest absolute Gasteiger partial charge is 0.237 e. The summed E-state index contributed by atoms with van der Waals surface area (Å²) in [4.78, 5) is 23.3. The van der Waals surface area contributed by atoms with Crippen LogP contribution in [0, 0.1) is 11.8 Å². The summed E-state index contributed by atoms with van der Waals surface area (Å²) in [6.45, 7) is 3.68. The molecule has 2 aromatic carbocycles. The molecule has 0 unspecified atom stereocenters. The maximum atomic E-state index is 10.7. The fourth-order valence-electron chi connectivity index (χ4n) is 7.33. The molecule has 4 fully saturated rings. The van der Waals surface area contributed by atoms with Gasteiger partial charge in [0.2, 0.25) is 11.8 Å². The number of β-amino-alcohol motifs (C(OH)–C–C–N with tert-alkyl or cyclic N) is 2. The number of ether oxygens (including phenoxy) is 2. The Morgan fingerprint density at radius 3 is 1.40 bits per heavy atom. The summed E-state index contributed by atoms with van der Waals surface area (Å²) in [6.07, 6.45) is 7.87. The SMILES string of the molecule is COc1nc(-c2cccc(-c3cccc(-c4cnc(CN5CC(O)(C6CC6)C5)c(OC)n4)c3Cl)c2Cl)cnc1CN1CC(O)(C2CC2)C1. The molecule has 0 spiro atoms. The Bertz CT molecular complexity index is 1740. The van der Waals surface area contributed by atoms with Gasteiger partial charge in [0.25, 0.3) is 0 Å². The van der Waals surface area contributed by atoms with Gasteiger partial charge in [-0.1, -0.05) is 59.6 Å². The molecule has 0 atom stereocenters. The van der Waals surface area contributed by atoms with Crippen molar-refractivity contribution in [2.75, 3.05) is 40.4 Å². The van der Waals surface area contributed by atoms with Gasteiger partial charge >= 0.3 is 0 Å². The highest BCUT2D eigenvalue weighted by atomic mass is 35.5. The third kappa shape index (κ3) is 5.82. The van der Waals surface area contributed by atoms with E-state index in [2.05, 4.69) is 9.80 Å². The van der Waals surface area contributed by atoms with Crippen LogP contribution < -0.4 is 9.47 Å². The number of aromatic nitrogens is 4. The molecule has 4 heterocycles. The Labute approximate surface area is 289 Å². The quantitative estimate of drug-likeness (QED) is 0.209. The van der Waals surface area contributed by atoms with Crippen molar-refractivity contribution in [2.45, 2.75) is 50.0 Å². The van der Waals surface area contributed by atoms with Crippen LogP contribution in [0.3, 0.4) is 0 Å². The number of hydrogen-bond acceptors (Lipinski definition) is 10. The van der Waals surface area contributed by atoms with E-state index in [1.807, 2.05) is 36.4 Å². The predicted octanol–water partition coefficient (Wildman–Crippen LogP) is 5.51. The van der Waals surface area contributed by atoms with Gasteiger partial charge in [-0.3, -0.25) is 19.8 Å². The number of benzene rings is 2. The monoisotopic (exact) mass is 688 g/mol. The first-order valence-electron chi connectivity index (χ1n) is 16.5. The molecule has 0 radical (unpaired) electrons. The van der Waals surface area contributed by atoms with Crippen molar-refractivity contribution in [3.05, 3.63) is 70.2 Å². The molecule has 2 aromatic heterocycles. The lowest BCUT2D eigenvalue weighted by atomic mass is 9.88. The summed E-state index contributed by atoms with van der Waals surface area (Å²) < 4.78 is 11.3. The zero-order valence-corrected chi connectivity index (χ0v) is 28.5. The second-order valence-corrected chi connectivity index (χ2v) is 14.6. The van der Waals surface area contributed by atoms with E-state index >= 15 is 0 Å². The van der Waals surface area contributed by atoms with Crippen LogP contribution in [-0.2, 0) is 13.1 Å². The predicted molar refractivity (Wildman–Crippen MR) is 183 cm³/mol. The molecule has 2 aliphatic carbocycles. The zero-order chi connectivity index (χ0) is 33.2. The van der Waals surface area contributed by atoms with E-state index in [9.17, 15) is 10.2 Å². The normalized spacial score (nSPS) is 20.2. The standard InChI is InChI=1S/C36H38Cl2N6O4/c1-47-33-29(15-43-17-35(45,18-43)21-9-10-21)39-13-27(41-33)25-7-3-5-23(31(25)37)24-6-4-8-26(32(24)38)28-14-40-30(34(42-28)48-2)16-44-19-36(46,20-44)22-11-12-22/h3-8,13-14,21-22,45-46H,9-12,15-20H2,1-2H3. The highest BCUT2D eigenvalue weighted by molar-refractivity contribution is 6.39. The largest absolute Gasteiger partial charge is 0.480 e. The van der Waals surface area contributed by atoms with E-state index in [1.54, 1.807) is 26.6 Å². The summed E-state index contributed by atoms with van der Waals surface area (Å²) in [5.74, 6) is 1.72. The number of rotatable bonds is 11. The molecule has 2 saturated carbocycles. The molecule has 10 nitrogen and oxygen atoms in total. The lowest BCUT2D eigenvalue weighted by molar-refractivity contribution is -0.117. The number of halogens is 2. The summed E-state index contributed by atoms with van der Waals surface area (Å²) >= 11 is 14.1. The number of aliphatic hydroxyl groups is 2. The molecule has 0 amide bonds. The van der Waals surface area contributed by atoms with Crippen LogP contribution in [0.2, 0.25) is 10.0 Å². The van der Waals surface area contributed by atoms with Crippen LogP contribution >= 0.6 is 23.2 Å². The van der Waals surface area contributed by atoms with Gasteiger partial charge in [0.1, 0.15) is 11.4 Å². The molecule has 2 N–H and O–H groups in total. The molecule has 4 aromatic rings. The van der Waals surface area contributed by atoms with Gasteiger partial charge in [0.15, 0.2) is 0 Å². The average molecular weight is 690 g/mol. The van der Waals surface area contributed by atoms with Gasteiger partial charge in [0, 0.05) is 61.5 Å². The van der Waals surface area contributed by atoms with Crippen LogP contribution in [0.5, 0.6) is 11.8 Å². The average Bonchev–Trinajstić information content (AvgIpc) is 3.97. The fourth-order valence-corrected chi connectivity index (χ4v) is 7.98. The van der Waals surface area contributed by atoms with Gasteiger partial charge in [-0.2, -0.15) is 0 Å². The van der Waals surface area contributed by atoms with Crippen molar-refractivity contribution in [1.29, 1.82) is 0 Å². The number of hydrogen-bond donors (Lipinski definition) is 2. The number of methoxy groups -OCH3 is 2. The van der Waals surface area contributed by atoms with Crippen molar-refractivity contribution in [3.8, 4) is 45.4 Å². The van der Waals surface area contributed by atoms with Gasteiger partial charge in [0.05, 0.1) is 59.2 Å². The van der Waals surface area contributed by atoms with E-state index in [4.69, 9.17) is 52.6 Å². The number of likely N-dealkylation sites (tertiary alicyclic amines) is 2. The molecule has 0 bridgehead atoms. The Hall–Kier alpha value is -3.38. The molecule has 250 valence electrons. The van der Waals surface area contributed by atoms with Crippen molar-refractivity contribution in [1.82, 2.24) is 29.7 Å². The summed E-state index contributed by atoms with van der Waals surface area (Å²) in [5, 5.41) is 22.4. The van der Waals surface area contributed by atoms with Crippen LogP contribution in [0.4, 0.5) is 0 Å². The number of nitrogens with zero attached hydrogens (tertiary/aromatic N) is 6. The first-order chi connectivity index (χ1) is 23.2. The van der Waals surface area contributed by atoms with Crippen LogP contribution in [0.15, 0.2) is 48.8 Å². The molecule has 12 heteroatoms. The third-order valence-electron chi connectivity index (χ3n) is 10.3. The second-order valence-electron chi connectivity index (χ2n) is 13.8. The molecular weight excluding hydrogens is 651 g/mol. The van der Waals surface area contributed by atoms with Crippen LogP contribution in [0.25, 0.3) is 33.6 Å².